The predicted molar refractivity (Wildman–Crippen MR) is 158 cm³/mol. The Bertz CT molecular complexity index is 1210. The van der Waals surface area contributed by atoms with Crippen LogP contribution in [0.1, 0.15) is 58.9 Å². The van der Waals surface area contributed by atoms with E-state index in [4.69, 9.17) is 11.6 Å². The lowest BCUT2D eigenvalue weighted by Crippen LogP contribution is -2.51. The first-order chi connectivity index (χ1) is 18.8. The Morgan fingerprint density at radius 2 is 1.87 bits per heavy atom. The Morgan fingerprint density at radius 3 is 2.54 bits per heavy atom. The summed E-state index contributed by atoms with van der Waals surface area (Å²) >= 11 is 7.67. The van der Waals surface area contributed by atoms with Gasteiger partial charge in [0.1, 0.15) is 5.15 Å². The molecule has 9 heteroatoms. The summed E-state index contributed by atoms with van der Waals surface area (Å²) in [5.41, 5.74) is 4.34. The Hall–Kier alpha value is -2.94. The monoisotopic (exact) mass is 567 g/mol. The van der Waals surface area contributed by atoms with E-state index in [1.165, 1.54) is 5.56 Å². The van der Waals surface area contributed by atoms with Gasteiger partial charge in [0.15, 0.2) is 0 Å². The Kier molecular flexibility index (Phi) is 10.4. The van der Waals surface area contributed by atoms with Crippen molar-refractivity contribution in [2.75, 3.05) is 19.6 Å². The standard InChI is InChI=1S/C30H38ClN5O2S/c1-21-17-27(31)34-23(3)28(21)29(37)32-13-9-22(2)35-14-10-26(11-15-35)36(19-25-12-16-39-20-25)30(38)33-18-24-7-5-4-6-8-24/h4-8,12,16-17,20,22,26H,9-11,13-15,18-19H2,1-3H3,(H,32,37)(H,33,38). The molecule has 3 aromatic rings. The SMILES string of the molecule is Cc1cc(Cl)nc(C)c1C(=O)NCCC(C)N1CCC(N(Cc2ccsc2)C(=O)NCc2ccccc2)CC1. The predicted octanol–water partition coefficient (Wildman–Crippen LogP) is 5.80. The minimum Gasteiger partial charge on any atom is -0.352 e. The number of hydrogen-bond donors (Lipinski definition) is 2. The van der Waals surface area contributed by atoms with E-state index < -0.39 is 0 Å². The number of nitrogens with zero attached hydrogens (tertiary/aromatic N) is 3. The van der Waals surface area contributed by atoms with Crippen LogP contribution in [0.15, 0.2) is 53.2 Å². The lowest BCUT2D eigenvalue weighted by molar-refractivity contribution is 0.0903. The van der Waals surface area contributed by atoms with Crippen LogP contribution in [-0.4, -0.2) is 58.4 Å². The van der Waals surface area contributed by atoms with Gasteiger partial charge in [0.25, 0.3) is 5.91 Å². The number of piperidine rings is 1. The summed E-state index contributed by atoms with van der Waals surface area (Å²) in [6.07, 6.45) is 2.70. The summed E-state index contributed by atoms with van der Waals surface area (Å²) in [7, 11) is 0. The Balaban J connectivity index is 1.27. The number of thiophene rings is 1. The topological polar surface area (TPSA) is 77.6 Å². The number of aryl methyl sites for hydroxylation is 2. The highest BCUT2D eigenvalue weighted by atomic mass is 35.5. The third-order valence-corrected chi connectivity index (χ3v) is 8.41. The average molecular weight is 568 g/mol. The molecule has 1 aliphatic rings. The molecule has 3 amide bonds. The van der Waals surface area contributed by atoms with Crippen molar-refractivity contribution < 1.29 is 9.59 Å². The van der Waals surface area contributed by atoms with Crippen LogP contribution < -0.4 is 10.6 Å². The van der Waals surface area contributed by atoms with Gasteiger partial charge >= 0.3 is 6.03 Å². The molecule has 3 heterocycles. The highest BCUT2D eigenvalue weighted by Crippen LogP contribution is 2.23. The number of rotatable bonds is 10. The summed E-state index contributed by atoms with van der Waals surface area (Å²) in [6.45, 7) is 9.48. The van der Waals surface area contributed by atoms with E-state index in [2.05, 4.69) is 44.3 Å². The highest BCUT2D eigenvalue weighted by Gasteiger charge is 2.30. The van der Waals surface area contributed by atoms with Crippen molar-refractivity contribution >= 4 is 34.9 Å². The average Bonchev–Trinajstić information content (AvgIpc) is 3.44. The number of halogens is 1. The molecule has 1 atom stereocenters. The minimum atomic E-state index is -0.106. The maximum absolute atomic E-state index is 13.3. The molecule has 208 valence electrons. The largest absolute Gasteiger partial charge is 0.352 e. The fraction of sp³-hybridized carbons (Fsp3) is 0.433. The van der Waals surface area contributed by atoms with Gasteiger partial charge in [-0.3, -0.25) is 4.79 Å². The lowest BCUT2D eigenvalue weighted by atomic mass is 10.0. The van der Waals surface area contributed by atoms with Gasteiger partial charge in [-0.25, -0.2) is 9.78 Å². The van der Waals surface area contributed by atoms with Crippen LogP contribution in [0.4, 0.5) is 4.79 Å². The van der Waals surface area contributed by atoms with Gasteiger partial charge < -0.3 is 20.4 Å². The number of aromatic nitrogens is 1. The number of carbonyl (C=O) groups excluding carboxylic acids is 2. The van der Waals surface area contributed by atoms with Crippen LogP contribution in [0, 0.1) is 13.8 Å². The zero-order chi connectivity index (χ0) is 27.8. The number of urea groups is 1. The van der Waals surface area contributed by atoms with E-state index in [1.54, 1.807) is 17.4 Å². The van der Waals surface area contributed by atoms with Gasteiger partial charge in [0, 0.05) is 44.8 Å². The molecule has 1 aliphatic heterocycles. The zero-order valence-corrected chi connectivity index (χ0v) is 24.5. The highest BCUT2D eigenvalue weighted by molar-refractivity contribution is 7.07. The van der Waals surface area contributed by atoms with Crippen molar-refractivity contribution in [3.63, 3.8) is 0 Å². The minimum absolute atomic E-state index is 0.0125. The molecular formula is C30H38ClN5O2S. The molecule has 0 saturated carbocycles. The molecule has 0 spiro atoms. The van der Waals surface area contributed by atoms with Crippen LogP contribution in [0.3, 0.4) is 0 Å². The molecule has 2 aromatic heterocycles. The molecule has 2 N–H and O–H groups in total. The second-order valence-corrected chi connectivity index (χ2v) is 11.5. The zero-order valence-electron chi connectivity index (χ0n) is 23.0. The van der Waals surface area contributed by atoms with Crippen LogP contribution in [0.2, 0.25) is 5.15 Å². The Labute approximate surface area is 240 Å². The van der Waals surface area contributed by atoms with E-state index in [1.807, 2.05) is 49.1 Å². The van der Waals surface area contributed by atoms with Gasteiger partial charge in [-0.1, -0.05) is 41.9 Å². The summed E-state index contributed by atoms with van der Waals surface area (Å²) in [6, 6.07) is 14.3. The number of nitrogens with one attached hydrogen (secondary N) is 2. The molecule has 39 heavy (non-hydrogen) atoms. The summed E-state index contributed by atoms with van der Waals surface area (Å²) in [5, 5.41) is 10.8. The maximum Gasteiger partial charge on any atom is 0.318 e. The normalized spacial score (nSPS) is 15.1. The molecular weight excluding hydrogens is 530 g/mol. The third kappa shape index (κ3) is 8.03. The molecule has 1 unspecified atom stereocenters. The summed E-state index contributed by atoms with van der Waals surface area (Å²) in [5.74, 6) is -0.106. The van der Waals surface area contributed by atoms with Crippen molar-refractivity contribution in [1.29, 1.82) is 0 Å². The fourth-order valence-electron chi connectivity index (χ4n) is 5.25. The fourth-order valence-corrected chi connectivity index (χ4v) is 6.20. The number of benzene rings is 1. The smallest absolute Gasteiger partial charge is 0.318 e. The van der Waals surface area contributed by atoms with E-state index in [0.29, 0.717) is 42.1 Å². The second-order valence-electron chi connectivity index (χ2n) is 10.3. The van der Waals surface area contributed by atoms with Crippen molar-refractivity contribution in [1.82, 2.24) is 25.4 Å². The van der Waals surface area contributed by atoms with Crippen LogP contribution in [0.5, 0.6) is 0 Å². The van der Waals surface area contributed by atoms with Crippen LogP contribution in [0.25, 0.3) is 0 Å². The molecule has 4 rings (SSSR count). The molecule has 7 nitrogen and oxygen atoms in total. The molecule has 0 radical (unpaired) electrons. The first-order valence-electron chi connectivity index (χ1n) is 13.6. The number of likely N-dealkylation sites (tertiary alicyclic amines) is 1. The van der Waals surface area contributed by atoms with E-state index in [-0.39, 0.29) is 18.0 Å². The quantitative estimate of drug-likeness (QED) is 0.304. The maximum atomic E-state index is 13.3. The van der Waals surface area contributed by atoms with Gasteiger partial charge in [0.2, 0.25) is 0 Å². The van der Waals surface area contributed by atoms with E-state index >= 15 is 0 Å². The number of pyridine rings is 1. The van der Waals surface area contributed by atoms with Gasteiger partial charge in [-0.2, -0.15) is 11.3 Å². The number of hydrogen-bond acceptors (Lipinski definition) is 5. The number of amides is 3. The third-order valence-electron chi connectivity index (χ3n) is 7.48. The van der Waals surface area contributed by atoms with Gasteiger partial charge in [-0.05, 0) is 79.6 Å². The molecule has 1 saturated heterocycles. The molecule has 0 bridgehead atoms. The van der Waals surface area contributed by atoms with Crippen molar-refractivity contribution in [2.24, 2.45) is 0 Å². The van der Waals surface area contributed by atoms with Gasteiger partial charge in [-0.15, -0.1) is 0 Å². The summed E-state index contributed by atoms with van der Waals surface area (Å²) in [4.78, 5) is 34.8. The van der Waals surface area contributed by atoms with Crippen molar-refractivity contribution in [3.05, 3.63) is 86.3 Å². The van der Waals surface area contributed by atoms with E-state index in [9.17, 15) is 9.59 Å². The number of carbonyl (C=O) groups is 2. The lowest BCUT2D eigenvalue weighted by Gasteiger charge is -2.40. The molecule has 1 fully saturated rings. The molecule has 1 aromatic carbocycles. The van der Waals surface area contributed by atoms with Gasteiger partial charge in [0.05, 0.1) is 11.3 Å². The van der Waals surface area contributed by atoms with Crippen LogP contribution >= 0.6 is 22.9 Å². The molecule has 0 aliphatic carbocycles. The first kappa shape index (κ1) is 29.1. The van der Waals surface area contributed by atoms with E-state index in [0.717, 1.165) is 43.5 Å². The van der Waals surface area contributed by atoms with Crippen molar-refractivity contribution in [2.45, 2.75) is 65.2 Å². The summed E-state index contributed by atoms with van der Waals surface area (Å²) < 4.78 is 0. The Morgan fingerprint density at radius 1 is 1.13 bits per heavy atom. The first-order valence-corrected chi connectivity index (χ1v) is 14.9. The van der Waals surface area contributed by atoms with Crippen LogP contribution in [-0.2, 0) is 13.1 Å². The van der Waals surface area contributed by atoms with Crippen molar-refractivity contribution in [3.8, 4) is 0 Å². The second kappa shape index (κ2) is 13.9.